The average Bonchev–Trinajstić information content (AvgIpc) is 3.12. The number of nitrogens with zero attached hydrogens (tertiary/aromatic N) is 5. The van der Waals surface area contributed by atoms with Crippen LogP contribution in [0.2, 0.25) is 0 Å². The molecule has 1 saturated heterocycles. The summed E-state index contributed by atoms with van der Waals surface area (Å²) in [5, 5.41) is 0. The first-order valence-corrected chi connectivity index (χ1v) is 9.03. The topological polar surface area (TPSA) is 45.2 Å². The standard InChI is InChI=1S/C17H25N5S/c1-12-7-18-17(20-13(12)2)22-6-5-15(9-22)8-21(4)10-16-14(3)19-11-23-16/h7,11,15H,5-6,8-10H2,1-4H3/t15-/m1/s1. The summed E-state index contributed by atoms with van der Waals surface area (Å²) in [6.07, 6.45) is 3.14. The van der Waals surface area contributed by atoms with Crippen LogP contribution in [0.5, 0.6) is 0 Å². The minimum atomic E-state index is 0.679. The van der Waals surface area contributed by atoms with E-state index in [2.05, 4.69) is 52.6 Å². The summed E-state index contributed by atoms with van der Waals surface area (Å²) < 4.78 is 0. The summed E-state index contributed by atoms with van der Waals surface area (Å²) in [7, 11) is 2.20. The van der Waals surface area contributed by atoms with Crippen LogP contribution in [-0.2, 0) is 6.54 Å². The fourth-order valence-corrected chi connectivity index (χ4v) is 3.92. The molecule has 6 heteroatoms. The number of rotatable bonds is 5. The average molecular weight is 331 g/mol. The van der Waals surface area contributed by atoms with Gasteiger partial charge in [-0.1, -0.05) is 0 Å². The van der Waals surface area contributed by atoms with Gasteiger partial charge in [0.25, 0.3) is 0 Å². The molecule has 0 spiro atoms. The first kappa shape index (κ1) is 16.3. The Morgan fingerprint density at radius 2 is 2.09 bits per heavy atom. The summed E-state index contributed by atoms with van der Waals surface area (Å²) >= 11 is 1.75. The van der Waals surface area contributed by atoms with Gasteiger partial charge in [0.15, 0.2) is 0 Å². The number of aryl methyl sites for hydroxylation is 3. The van der Waals surface area contributed by atoms with Gasteiger partial charge < -0.3 is 9.80 Å². The smallest absolute Gasteiger partial charge is 0.225 e. The van der Waals surface area contributed by atoms with E-state index in [1.54, 1.807) is 11.3 Å². The molecule has 2 aromatic rings. The summed E-state index contributed by atoms with van der Waals surface area (Å²) in [4.78, 5) is 19.6. The monoisotopic (exact) mass is 331 g/mol. The third-order valence-corrected chi connectivity index (χ3v) is 5.53. The second kappa shape index (κ2) is 6.93. The minimum Gasteiger partial charge on any atom is -0.340 e. The van der Waals surface area contributed by atoms with E-state index >= 15 is 0 Å². The van der Waals surface area contributed by atoms with Crippen molar-refractivity contribution in [2.24, 2.45) is 5.92 Å². The molecule has 23 heavy (non-hydrogen) atoms. The second-order valence-corrected chi connectivity index (χ2v) is 7.54. The van der Waals surface area contributed by atoms with Gasteiger partial charge in [-0.2, -0.15) is 0 Å². The van der Waals surface area contributed by atoms with Crippen molar-refractivity contribution in [3.63, 3.8) is 0 Å². The Labute approximate surface area is 142 Å². The third-order valence-electron chi connectivity index (χ3n) is 4.61. The lowest BCUT2D eigenvalue weighted by atomic mass is 10.1. The molecule has 1 atom stereocenters. The first-order chi connectivity index (χ1) is 11.0. The lowest BCUT2D eigenvalue weighted by molar-refractivity contribution is 0.281. The van der Waals surface area contributed by atoms with Crippen molar-refractivity contribution in [3.8, 4) is 0 Å². The second-order valence-electron chi connectivity index (χ2n) is 6.60. The van der Waals surface area contributed by atoms with Crippen molar-refractivity contribution in [1.29, 1.82) is 0 Å². The molecule has 0 aromatic carbocycles. The Morgan fingerprint density at radius 3 is 2.78 bits per heavy atom. The van der Waals surface area contributed by atoms with Gasteiger partial charge in [0, 0.05) is 42.9 Å². The maximum atomic E-state index is 4.64. The summed E-state index contributed by atoms with van der Waals surface area (Å²) in [5.41, 5.74) is 5.34. The molecule has 3 heterocycles. The third kappa shape index (κ3) is 3.87. The van der Waals surface area contributed by atoms with Crippen molar-refractivity contribution in [1.82, 2.24) is 19.9 Å². The Kier molecular flexibility index (Phi) is 4.92. The van der Waals surface area contributed by atoms with Crippen molar-refractivity contribution in [2.45, 2.75) is 33.7 Å². The zero-order valence-electron chi connectivity index (χ0n) is 14.4. The number of aromatic nitrogens is 3. The van der Waals surface area contributed by atoms with Gasteiger partial charge in [-0.05, 0) is 45.7 Å². The van der Waals surface area contributed by atoms with E-state index < -0.39 is 0 Å². The van der Waals surface area contributed by atoms with Gasteiger partial charge >= 0.3 is 0 Å². The SMILES string of the molecule is Cc1cnc(N2CC[C@H](CN(C)Cc3scnc3C)C2)nc1C. The molecule has 0 bridgehead atoms. The summed E-state index contributed by atoms with van der Waals surface area (Å²) in [5.74, 6) is 1.56. The molecule has 0 unspecified atom stereocenters. The molecule has 3 rings (SSSR count). The lowest BCUT2D eigenvalue weighted by Crippen LogP contribution is -2.28. The predicted octanol–water partition coefficient (Wildman–Crippen LogP) is 2.82. The van der Waals surface area contributed by atoms with Crippen LogP contribution >= 0.6 is 11.3 Å². The maximum Gasteiger partial charge on any atom is 0.225 e. The number of anilines is 1. The van der Waals surface area contributed by atoms with Gasteiger partial charge in [-0.25, -0.2) is 15.0 Å². The Balaban J connectivity index is 1.55. The summed E-state index contributed by atoms with van der Waals surface area (Å²) in [6, 6.07) is 0. The van der Waals surface area contributed by atoms with Gasteiger partial charge in [-0.3, -0.25) is 0 Å². The van der Waals surface area contributed by atoms with E-state index in [-0.39, 0.29) is 0 Å². The number of hydrogen-bond acceptors (Lipinski definition) is 6. The molecule has 0 radical (unpaired) electrons. The molecule has 0 saturated carbocycles. The highest BCUT2D eigenvalue weighted by Crippen LogP contribution is 2.23. The molecular weight excluding hydrogens is 306 g/mol. The van der Waals surface area contributed by atoms with Crippen molar-refractivity contribution < 1.29 is 0 Å². The van der Waals surface area contributed by atoms with Crippen LogP contribution in [0.15, 0.2) is 11.7 Å². The van der Waals surface area contributed by atoms with Crippen molar-refractivity contribution >= 4 is 17.3 Å². The van der Waals surface area contributed by atoms with Crippen LogP contribution in [0.25, 0.3) is 0 Å². The Morgan fingerprint density at radius 1 is 1.26 bits per heavy atom. The molecule has 2 aromatic heterocycles. The highest BCUT2D eigenvalue weighted by atomic mass is 32.1. The molecular formula is C17H25N5S. The Bertz CT molecular complexity index is 669. The quantitative estimate of drug-likeness (QED) is 0.843. The van der Waals surface area contributed by atoms with E-state index in [0.29, 0.717) is 5.92 Å². The normalized spacial score (nSPS) is 18.1. The fourth-order valence-electron chi connectivity index (χ4n) is 3.06. The van der Waals surface area contributed by atoms with Gasteiger partial charge in [-0.15, -0.1) is 11.3 Å². The maximum absolute atomic E-state index is 4.64. The zero-order valence-corrected chi connectivity index (χ0v) is 15.2. The first-order valence-electron chi connectivity index (χ1n) is 8.15. The van der Waals surface area contributed by atoms with Crippen LogP contribution in [0.1, 0.15) is 28.2 Å². The Hall–Kier alpha value is -1.53. The number of thiazole rings is 1. The molecule has 1 fully saturated rings. The van der Waals surface area contributed by atoms with Crippen LogP contribution in [0.3, 0.4) is 0 Å². The van der Waals surface area contributed by atoms with E-state index in [0.717, 1.165) is 43.4 Å². The van der Waals surface area contributed by atoms with Crippen molar-refractivity contribution in [2.75, 3.05) is 31.6 Å². The van der Waals surface area contributed by atoms with E-state index in [9.17, 15) is 0 Å². The van der Waals surface area contributed by atoms with Crippen LogP contribution < -0.4 is 4.90 Å². The van der Waals surface area contributed by atoms with Crippen molar-refractivity contribution in [3.05, 3.63) is 33.5 Å². The van der Waals surface area contributed by atoms with Crippen LogP contribution in [0.4, 0.5) is 5.95 Å². The van der Waals surface area contributed by atoms with Gasteiger partial charge in [0.2, 0.25) is 5.95 Å². The molecule has 124 valence electrons. The lowest BCUT2D eigenvalue weighted by Gasteiger charge is -2.21. The summed E-state index contributed by atoms with van der Waals surface area (Å²) in [6.45, 7) is 10.4. The number of hydrogen-bond donors (Lipinski definition) is 0. The van der Waals surface area contributed by atoms with Gasteiger partial charge in [0.05, 0.1) is 11.2 Å². The zero-order chi connectivity index (χ0) is 16.4. The molecule has 0 N–H and O–H groups in total. The molecule has 1 aliphatic rings. The molecule has 5 nitrogen and oxygen atoms in total. The predicted molar refractivity (Wildman–Crippen MR) is 95.0 cm³/mol. The fraction of sp³-hybridized carbons (Fsp3) is 0.588. The van der Waals surface area contributed by atoms with E-state index in [1.807, 2.05) is 11.7 Å². The molecule has 0 amide bonds. The molecule has 1 aliphatic heterocycles. The highest BCUT2D eigenvalue weighted by Gasteiger charge is 2.25. The highest BCUT2D eigenvalue weighted by molar-refractivity contribution is 7.09. The van der Waals surface area contributed by atoms with Crippen LogP contribution in [0, 0.1) is 26.7 Å². The van der Waals surface area contributed by atoms with Gasteiger partial charge in [0.1, 0.15) is 0 Å². The van der Waals surface area contributed by atoms with E-state index in [1.165, 1.54) is 17.0 Å². The molecule has 0 aliphatic carbocycles. The van der Waals surface area contributed by atoms with E-state index in [4.69, 9.17) is 0 Å². The van der Waals surface area contributed by atoms with Crippen LogP contribution in [-0.4, -0.2) is 46.5 Å². The minimum absolute atomic E-state index is 0.679. The largest absolute Gasteiger partial charge is 0.340 e.